The second kappa shape index (κ2) is 8.78. The van der Waals surface area contributed by atoms with Crippen molar-refractivity contribution in [2.45, 2.75) is 0 Å². The molecule has 2 aromatic heterocycles. The average Bonchev–Trinajstić information content (AvgIpc) is 2.84. The van der Waals surface area contributed by atoms with Gasteiger partial charge in [-0.05, 0) is 24.3 Å². The van der Waals surface area contributed by atoms with Gasteiger partial charge in [-0.2, -0.15) is 9.97 Å². The summed E-state index contributed by atoms with van der Waals surface area (Å²) in [6.07, 6.45) is 1.83. The van der Waals surface area contributed by atoms with Crippen LogP contribution in [-0.2, 0) is 0 Å². The second-order valence-corrected chi connectivity index (χ2v) is 7.95. The molecule has 5 rings (SSSR count). The van der Waals surface area contributed by atoms with E-state index < -0.39 is 0 Å². The molecule has 2 aliphatic rings. The Kier molecular flexibility index (Phi) is 5.53. The summed E-state index contributed by atoms with van der Waals surface area (Å²) < 4.78 is 11.3. The van der Waals surface area contributed by atoms with Crippen molar-refractivity contribution < 1.29 is 9.47 Å². The predicted octanol–water partition coefficient (Wildman–Crippen LogP) is 2.78. The Labute approximate surface area is 187 Å². The molecule has 1 saturated heterocycles. The van der Waals surface area contributed by atoms with Gasteiger partial charge in [0.25, 0.3) is 0 Å². The van der Waals surface area contributed by atoms with Gasteiger partial charge in [-0.1, -0.05) is 6.07 Å². The van der Waals surface area contributed by atoms with Crippen LogP contribution in [0.2, 0.25) is 0 Å². The highest BCUT2D eigenvalue weighted by molar-refractivity contribution is 5.65. The number of ether oxygens (including phenoxy) is 2. The fraction of sp³-hybridized carbons (Fsp3) is 0.348. The quantitative estimate of drug-likeness (QED) is 0.653. The number of hydrogen-bond donors (Lipinski definition) is 1. The lowest BCUT2D eigenvalue weighted by molar-refractivity contribution is 0.171. The van der Waals surface area contributed by atoms with Gasteiger partial charge in [-0.3, -0.25) is 0 Å². The summed E-state index contributed by atoms with van der Waals surface area (Å²) in [7, 11) is 3.97. The summed E-state index contributed by atoms with van der Waals surface area (Å²) in [5.74, 6) is 4.83. The van der Waals surface area contributed by atoms with Gasteiger partial charge in [-0.25, -0.2) is 4.98 Å². The first-order chi connectivity index (χ1) is 15.7. The predicted molar refractivity (Wildman–Crippen MR) is 126 cm³/mol. The molecule has 0 aliphatic carbocycles. The molecule has 1 aromatic carbocycles. The zero-order chi connectivity index (χ0) is 21.9. The Balaban J connectivity index is 1.34. The fourth-order valence-electron chi connectivity index (χ4n) is 3.80. The van der Waals surface area contributed by atoms with Crippen LogP contribution in [0.25, 0.3) is 0 Å². The second-order valence-electron chi connectivity index (χ2n) is 7.95. The van der Waals surface area contributed by atoms with Crippen molar-refractivity contribution in [1.29, 1.82) is 0 Å². The third kappa shape index (κ3) is 4.32. The summed E-state index contributed by atoms with van der Waals surface area (Å²) in [4.78, 5) is 20.6. The molecule has 0 atom stereocenters. The van der Waals surface area contributed by atoms with Crippen molar-refractivity contribution in [2.75, 3.05) is 73.5 Å². The topological polar surface area (TPSA) is 78.9 Å². The van der Waals surface area contributed by atoms with E-state index in [0.29, 0.717) is 13.2 Å². The number of anilines is 5. The van der Waals surface area contributed by atoms with Gasteiger partial charge >= 0.3 is 0 Å². The van der Waals surface area contributed by atoms with E-state index in [-0.39, 0.29) is 0 Å². The standard InChI is InChI=1S/C23H27N7O2/c1-28(2)22-16-20(25-17-6-7-18-19(15-17)32-14-13-31-18)26-23(27-22)30-11-9-29(10-12-30)21-5-3-4-8-24-21/h3-8,15-16H,9-14H2,1-2H3,(H,25,26,27). The molecule has 4 heterocycles. The molecule has 3 aromatic rings. The summed E-state index contributed by atoms with van der Waals surface area (Å²) in [5, 5.41) is 3.40. The number of hydrogen-bond acceptors (Lipinski definition) is 9. The normalized spacial score (nSPS) is 15.4. The summed E-state index contributed by atoms with van der Waals surface area (Å²) >= 11 is 0. The van der Waals surface area contributed by atoms with Crippen LogP contribution in [0.1, 0.15) is 0 Å². The molecule has 9 nitrogen and oxygen atoms in total. The number of nitrogens with zero attached hydrogens (tertiary/aromatic N) is 6. The van der Waals surface area contributed by atoms with Crippen LogP contribution in [0.3, 0.4) is 0 Å². The highest BCUT2D eigenvalue weighted by Gasteiger charge is 2.21. The van der Waals surface area contributed by atoms with Crippen LogP contribution < -0.4 is 29.5 Å². The molecule has 0 bridgehead atoms. The van der Waals surface area contributed by atoms with E-state index in [0.717, 1.165) is 66.8 Å². The molecular weight excluding hydrogens is 406 g/mol. The Morgan fingerprint density at radius 3 is 2.41 bits per heavy atom. The van der Waals surface area contributed by atoms with E-state index in [1.165, 1.54) is 0 Å². The molecule has 166 valence electrons. The molecule has 2 aliphatic heterocycles. The maximum Gasteiger partial charge on any atom is 0.229 e. The summed E-state index contributed by atoms with van der Waals surface area (Å²) in [5.41, 5.74) is 0.892. The largest absolute Gasteiger partial charge is 0.486 e. The highest BCUT2D eigenvalue weighted by atomic mass is 16.6. The minimum absolute atomic E-state index is 0.559. The van der Waals surface area contributed by atoms with Crippen LogP contribution in [0.5, 0.6) is 11.5 Å². The first-order valence-electron chi connectivity index (χ1n) is 10.8. The van der Waals surface area contributed by atoms with Crippen LogP contribution >= 0.6 is 0 Å². The van der Waals surface area contributed by atoms with Gasteiger partial charge in [0.1, 0.15) is 30.7 Å². The Hall–Kier alpha value is -3.75. The maximum absolute atomic E-state index is 5.71. The van der Waals surface area contributed by atoms with Crippen LogP contribution in [0.15, 0.2) is 48.7 Å². The van der Waals surface area contributed by atoms with Crippen molar-refractivity contribution in [3.63, 3.8) is 0 Å². The van der Waals surface area contributed by atoms with E-state index >= 15 is 0 Å². The van der Waals surface area contributed by atoms with Crippen molar-refractivity contribution in [3.05, 3.63) is 48.7 Å². The molecule has 9 heteroatoms. The third-order valence-electron chi connectivity index (χ3n) is 5.51. The molecule has 0 unspecified atom stereocenters. The summed E-state index contributed by atoms with van der Waals surface area (Å²) in [6, 6.07) is 13.8. The molecule has 1 fully saturated rings. The molecule has 0 radical (unpaired) electrons. The maximum atomic E-state index is 5.71. The zero-order valence-electron chi connectivity index (χ0n) is 18.4. The number of benzene rings is 1. The van der Waals surface area contributed by atoms with E-state index in [2.05, 4.69) is 20.1 Å². The van der Waals surface area contributed by atoms with Crippen LogP contribution in [0, 0.1) is 0 Å². The van der Waals surface area contributed by atoms with E-state index in [9.17, 15) is 0 Å². The SMILES string of the molecule is CN(C)c1cc(Nc2ccc3c(c2)OCCO3)nc(N2CCN(c3ccccn3)CC2)n1. The molecule has 0 saturated carbocycles. The smallest absolute Gasteiger partial charge is 0.229 e. The van der Waals surface area contributed by atoms with Crippen molar-refractivity contribution >= 4 is 29.1 Å². The van der Waals surface area contributed by atoms with Gasteiger partial charge < -0.3 is 29.5 Å². The van der Waals surface area contributed by atoms with Gasteiger partial charge in [0.05, 0.1) is 0 Å². The van der Waals surface area contributed by atoms with Crippen LogP contribution in [-0.4, -0.2) is 68.4 Å². The number of fused-ring (bicyclic) bond motifs is 1. The number of aromatic nitrogens is 3. The Bertz CT molecular complexity index is 1070. The number of pyridine rings is 1. The Morgan fingerprint density at radius 2 is 1.66 bits per heavy atom. The highest BCUT2D eigenvalue weighted by Crippen LogP contribution is 2.34. The first kappa shape index (κ1) is 20.2. The van der Waals surface area contributed by atoms with Crippen LogP contribution in [0.4, 0.5) is 29.1 Å². The number of piperazine rings is 1. The minimum Gasteiger partial charge on any atom is -0.486 e. The van der Waals surface area contributed by atoms with Crippen molar-refractivity contribution in [1.82, 2.24) is 15.0 Å². The third-order valence-corrected chi connectivity index (χ3v) is 5.51. The van der Waals surface area contributed by atoms with Crippen molar-refractivity contribution in [3.8, 4) is 11.5 Å². The van der Waals surface area contributed by atoms with E-state index in [1.807, 2.05) is 67.7 Å². The average molecular weight is 434 g/mol. The van der Waals surface area contributed by atoms with E-state index in [1.54, 1.807) is 0 Å². The molecule has 0 amide bonds. The zero-order valence-corrected chi connectivity index (χ0v) is 18.4. The molecular formula is C23H27N7O2. The number of rotatable bonds is 5. The fourth-order valence-corrected chi connectivity index (χ4v) is 3.80. The van der Waals surface area contributed by atoms with Gasteiger partial charge in [0, 0.05) is 64.3 Å². The lowest BCUT2D eigenvalue weighted by Gasteiger charge is -2.35. The lowest BCUT2D eigenvalue weighted by atomic mass is 10.2. The minimum atomic E-state index is 0.559. The summed E-state index contributed by atoms with van der Waals surface area (Å²) in [6.45, 7) is 4.54. The lowest BCUT2D eigenvalue weighted by Crippen LogP contribution is -2.47. The van der Waals surface area contributed by atoms with Gasteiger partial charge in [-0.15, -0.1) is 0 Å². The Morgan fingerprint density at radius 1 is 0.875 bits per heavy atom. The molecule has 0 spiro atoms. The number of nitrogens with one attached hydrogen (secondary N) is 1. The molecule has 1 N–H and O–H groups in total. The van der Waals surface area contributed by atoms with Crippen molar-refractivity contribution in [2.24, 2.45) is 0 Å². The van der Waals surface area contributed by atoms with E-state index in [4.69, 9.17) is 19.4 Å². The van der Waals surface area contributed by atoms with Gasteiger partial charge in [0.2, 0.25) is 5.95 Å². The van der Waals surface area contributed by atoms with Gasteiger partial charge in [0.15, 0.2) is 11.5 Å². The molecule has 32 heavy (non-hydrogen) atoms. The monoisotopic (exact) mass is 433 g/mol. The first-order valence-corrected chi connectivity index (χ1v) is 10.8.